The Morgan fingerprint density at radius 1 is 1.60 bits per heavy atom. The summed E-state index contributed by atoms with van der Waals surface area (Å²) in [5, 5.41) is 18.0. The van der Waals surface area contributed by atoms with E-state index >= 15 is 0 Å². The molecule has 1 aromatic rings. The number of aromatic nitrogens is 1. The van der Waals surface area contributed by atoms with Crippen LogP contribution < -0.4 is 10.6 Å². The van der Waals surface area contributed by atoms with Crippen molar-refractivity contribution >= 4 is 27.7 Å². The van der Waals surface area contributed by atoms with Crippen molar-refractivity contribution < 1.29 is 9.13 Å². The molecule has 0 aliphatic rings. The Morgan fingerprint density at radius 3 is 2.92 bits per heavy atom. The second-order valence-corrected chi connectivity index (χ2v) is 6.04. The first-order chi connectivity index (χ1) is 11.9. The molecule has 0 radical (unpaired) electrons. The SMILES string of the molecule is C=C(N=O)c1nc(C(=N)CNC(C)/C=C\C(F)=C/COC)c(NC)s1. The van der Waals surface area contributed by atoms with Gasteiger partial charge < -0.3 is 20.8 Å². The smallest absolute Gasteiger partial charge is 0.147 e. The molecule has 0 aliphatic carbocycles. The molecule has 9 heteroatoms. The van der Waals surface area contributed by atoms with E-state index in [-0.39, 0.29) is 36.4 Å². The van der Waals surface area contributed by atoms with Gasteiger partial charge in [0.2, 0.25) is 0 Å². The zero-order valence-corrected chi connectivity index (χ0v) is 15.2. The number of hydrogen-bond acceptors (Lipinski definition) is 8. The number of allylic oxidation sites excluding steroid dienone is 2. The fourth-order valence-corrected chi connectivity index (χ4v) is 2.59. The van der Waals surface area contributed by atoms with Gasteiger partial charge in [-0.2, -0.15) is 0 Å². The summed E-state index contributed by atoms with van der Waals surface area (Å²) in [4.78, 5) is 14.8. The maximum Gasteiger partial charge on any atom is 0.147 e. The summed E-state index contributed by atoms with van der Waals surface area (Å²) in [6.45, 7) is 5.81. The van der Waals surface area contributed by atoms with Crippen LogP contribution >= 0.6 is 11.3 Å². The second-order valence-electron chi connectivity index (χ2n) is 5.04. The van der Waals surface area contributed by atoms with Gasteiger partial charge in [0.1, 0.15) is 27.2 Å². The number of nitrogens with one attached hydrogen (secondary N) is 3. The van der Waals surface area contributed by atoms with Crippen molar-refractivity contribution in [3.8, 4) is 0 Å². The van der Waals surface area contributed by atoms with Crippen molar-refractivity contribution in [2.75, 3.05) is 32.6 Å². The summed E-state index contributed by atoms with van der Waals surface area (Å²) in [5.41, 5.74) is 0.700. The molecule has 0 bridgehead atoms. The van der Waals surface area contributed by atoms with E-state index in [4.69, 9.17) is 10.1 Å². The predicted molar refractivity (Wildman–Crippen MR) is 101 cm³/mol. The number of halogens is 1. The fraction of sp³-hybridized carbons (Fsp3) is 0.375. The van der Waals surface area contributed by atoms with E-state index in [1.165, 1.54) is 30.6 Å². The lowest BCUT2D eigenvalue weighted by Crippen LogP contribution is -2.30. The van der Waals surface area contributed by atoms with Crippen LogP contribution in [0.5, 0.6) is 0 Å². The third-order valence-corrected chi connectivity index (χ3v) is 4.21. The minimum atomic E-state index is -0.382. The molecule has 25 heavy (non-hydrogen) atoms. The topological polar surface area (TPSA) is 99.5 Å². The van der Waals surface area contributed by atoms with E-state index in [2.05, 4.69) is 27.4 Å². The standard InChI is InChI=1S/C16H22FN5O2S/c1-10(5-6-12(17)7-8-24-4)20-9-13(18)14-16(19-3)25-15(21-14)11(2)22-23/h5-7,10,18-20H,2,8-9H2,1,3-4H3/b6-5-,12-7+,18-13?. The molecule has 0 spiro atoms. The van der Waals surface area contributed by atoms with Gasteiger partial charge in [-0.25, -0.2) is 9.37 Å². The van der Waals surface area contributed by atoms with Gasteiger partial charge in [-0.3, -0.25) is 0 Å². The molecule has 0 aromatic carbocycles. The number of rotatable bonds is 11. The predicted octanol–water partition coefficient (Wildman–Crippen LogP) is 3.32. The van der Waals surface area contributed by atoms with Crippen LogP contribution in [0.2, 0.25) is 0 Å². The summed E-state index contributed by atoms with van der Waals surface area (Å²) in [5.74, 6) is -0.382. The minimum absolute atomic E-state index is 0.0307. The van der Waals surface area contributed by atoms with Crippen molar-refractivity contribution in [3.05, 3.63) is 46.2 Å². The molecular formula is C16H22FN5O2S. The molecule has 1 rings (SSSR count). The third-order valence-electron chi connectivity index (χ3n) is 3.09. The number of hydrogen-bond donors (Lipinski definition) is 3. The Kier molecular flexibility index (Phi) is 8.82. The van der Waals surface area contributed by atoms with Gasteiger partial charge in [-0.15, -0.1) is 4.91 Å². The molecule has 0 fully saturated rings. The largest absolute Gasteiger partial charge is 0.381 e. The molecule has 0 amide bonds. The van der Waals surface area contributed by atoms with Gasteiger partial charge in [-0.1, -0.05) is 24.0 Å². The Hall–Kier alpha value is -2.23. The highest BCUT2D eigenvalue weighted by molar-refractivity contribution is 7.17. The van der Waals surface area contributed by atoms with Gasteiger partial charge in [0.05, 0.1) is 12.3 Å². The summed E-state index contributed by atoms with van der Waals surface area (Å²) in [6, 6.07) is -0.148. The third kappa shape index (κ3) is 6.65. The summed E-state index contributed by atoms with van der Waals surface area (Å²) in [7, 11) is 3.20. The van der Waals surface area contributed by atoms with Crippen LogP contribution in [-0.4, -0.2) is 44.0 Å². The molecule has 0 saturated heterocycles. The second kappa shape index (κ2) is 10.6. The lowest BCUT2D eigenvalue weighted by atomic mass is 10.2. The van der Waals surface area contributed by atoms with Gasteiger partial charge >= 0.3 is 0 Å². The average Bonchev–Trinajstić information content (AvgIpc) is 3.06. The highest BCUT2D eigenvalue weighted by atomic mass is 32.1. The molecule has 136 valence electrons. The van der Waals surface area contributed by atoms with Gasteiger partial charge in [0, 0.05) is 26.7 Å². The molecule has 1 aromatic heterocycles. The van der Waals surface area contributed by atoms with Crippen LogP contribution in [-0.2, 0) is 4.74 Å². The quantitative estimate of drug-likeness (QED) is 0.316. The van der Waals surface area contributed by atoms with Gasteiger partial charge in [0.15, 0.2) is 0 Å². The van der Waals surface area contributed by atoms with E-state index in [0.717, 1.165) is 0 Å². The van der Waals surface area contributed by atoms with Crippen molar-refractivity contribution in [2.45, 2.75) is 13.0 Å². The maximum absolute atomic E-state index is 13.4. The number of ether oxygens (including phenoxy) is 1. The van der Waals surface area contributed by atoms with Crippen LogP contribution in [0.1, 0.15) is 17.6 Å². The monoisotopic (exact) mass is 367 g/mol. The first-order valence-corrected chi connectivity index (χ1v) is 8.29. The Labute approximate surface area is 150 Å². The van der Waals surface area contributed by atoms with Crippen LogP contribution in [0.15, 0.2) is 35.8 Å². The molecule has 1 unspecified atom stereocenters. The number of thiazole rings is 1. The van der Waals surface area contributed by atoms with E-state index in [0.29, 0.717) is 15.7 Å². The Bertz CT molecular complexity index is 684. The van der Waals surface area contributed by atoms with E-state index in [1.54, 1.807) is 13.1 Å². The van der Waals surface area contributed by atoms with Gasteiger partial charge in [0.25, 0.3) is 0 Å². The highest BCUT2D eigenvalue weighted by Gasteiger charge is 2.16. The summed E-state index contributed by atoms with van der Waals surface area (Å²) in [6.07, 6.45) is 4.33. The molecule has 1 atom stereocenters. The van der Waals surface area contributed by atoms with Crippen LogP contribution in [0.4, 0.5) is 9.39 Å². The Balaban J connectivity index is 2.67. The number of nitrogens with zero attached hydrogens (tertiary/aromatic N) is 2. The first-order valence-electron chi connectivity index (χ1n) is 7.48. The van der Waals surface area contributed by atoms with Crippen molar-refractivity contribution in [1.82, 2.24) is 10.3 Å². The molecule has 0 saturated carbocycles. The fourth-order valence-electron chi connectivity index (χ4n) is 1.74. The summed E-state index contributed by atoms with van der Waals surface area (Å²) >= 11 is 1.21. The van der Waals surface area contributed by atoms with Crippen LogP contribution in [0.25, 0.3) is 5.70 Å². The van der Waals surface area contributed by atoms with Crippen molar-refractivity contribution in [2.24, 2.45) is 5.18 Å². The maximum atomic E-state index is 13.4. The normalized spacial score (nSPS) is 13.0. The number of methoxy groups -OCH3 is 1. The Morgan fingerprint density at radius 2 is 2.32 bits per heavy atom. The van der Waals surface area contributed by atoms with E-state index < -0.39 is 0 Å². The number of anilines is 1. The molecular weight excluding hydrogens is 345 g/mol. The van der Waals surface area contributed by atoms with Crippen LogP contribution in [0, 0.1) is 10.3 Å². The molecule has 7 nitrogen and oxygen atoms in total. The first kappa shape index (κ1) is 20.8. The molecule has 0 aliphatic heterocycles. The van der Waals surface area contributed by atoms with Crippen LogP contribution in [0.3, 0.4) is 0 Å². The number of nitroso groups, excluding NO2 is 1. The van der Waals surface area contributed by atoms with E-state index in [9.17, 15) is 9.30 Å². The summed E-state index contributed by atoms with van der Waals surface area (Å²) < 4.78 is 18.1. The highest BCUT2D eigenvalue weighted by Crippen LogP contribution is 2.29. The zero-order chi connectivity index (χ0) is 18.8. The molecule has 3 N–H and O–H groups in total. The van der Waals surface area contributed by atoms with Crippen molar-refractivity contribution in [1.29, 1.82) is 5.41 Å². The zero-order valence-electron chi connectivity index (χ0n) is 14.4. The van der Waals surface area contributed by atoms with E-state index in [1.807, 2.05) is 6.92 Å². The minimum Gasteiger partial charge on any atom is -0.381 e. The average molecular weight is 367 g/mol. The lowest BCUT2D eigenvalue weighted by Gasteiger charge is -2.10. The van der Waals surface area contributed by atoms with Crippen molar-refractivity contribution in [3.63, 3.8) is 0 Å². The van der Waals surface area contributed by atoms with Gasteiger partial charge in [-0.05, 0) is 24.3 Å². The molecule has 1 heterocycles. The lowest BCUT2D eigenvalue weighted by molar-refractivity contribution is 0.232.